The summed E-state index contributed by atoms with van der Waals surface area (Å²) in [5, 5.41) is 17.6. The summed E-state index contributed by atoms with van der Waals surface area (Å²) < 4.78 is 18.2. The van der Waals surface area contributed by atoms with Gasteiger partial charge in [-0.1, -0.05) is 6.07 Å². The summed E-state index contributed by atoms with van der Waals surface area (Å²) in [5.41, 5.74) is -0.617. The fourth-order valence-electron chi connectivity index (χ4n) is 1.39. The number of benzene rings is 1. The quantitative estimate of drug-likeness (QED) is 0.897. The lowest BCUT2D eigenvalue weighted by atomic mass is 10.2. The van der Waals surface area contributed by atoms with Crippen LogP contribution in [0.5, 0.6) is 0 Å². The topological polar surface area (TPSA) is 101 Å². The molecule has 0 unspecified atom stereocenters. The second-order valence-electron chi connectivity index (χ2n) is 3.41. The van der Waals surface area contributed by atoms with E-state index >= 15 is 0 Å². The van der Waals surface area contributed by atoms with Crippen LogP contribution in [0.1, 0.15) is 21.0 Å². The zero-order valence-corrected chi connectivity index (χ0v) is 10.6. The van der Waals surface area contributed by atoms with Gasteiger partial charge in [-0.05, 0) is 28.1 Å². The van der Waals surface area contributed by atoms with E-state index in [1.165, 1.54) is 18.2 Å². The molecule has 0 bridgehead atoms. The van der Waals surface area contributed by atoms with Crippen LogP contribution in [0.4, 0.5) is 4.39 Å². The summed E-state index contributed by atoms with van der Waals surface area (Å²) in [4.78, 5) is 25.3. The number of rotatable bonds is 3. The lowest BCUT2D eigenvalue weighted by molar-refractivity contribution is 0.0624. The zero-order valence-electron chi connectivity index (χ0n) is 9.05. The smallest absolute Gasteiger partial charge is 0.374 e. The molecular formula is C11H5BrFNO5. The highest BCUT2D eigenvalue weighted by atomic mass is 79.9. The maximum absolute atomic E-state index is 13.3. The average Bonchev–Trinajstić information content (AvgIpc) is 2.77. The van der Waals surface area contributed by atoms with Gasteiger partial charge in [-0.15, -0.1) is 0 Å². The molecule has 0 amide bonds. The maximum Gasteiger partial charge on any atom is 0.374 e. The van der Waals surface area contributed by atoms with Crippen LogP contribution in [0.15, 0.2) is 27.1 Å². The van der Waals surface area contributed by atoms with Crippen molar-refractivity contribution >= 4 is 27.9 Å². The molecule has 0 saturated heterocycles. The van der Waals surface area contributed by atoms with Crippen LogP contribution in [-0.4, -0.2) is 27.1 Å². The molecule has 0 fully saturated rings. The molecule has 98 valence electrons. The molecule has 0 aliphatic carbocycles. The van der Waals surface area contributed by atoms with Crippen LogP contribution in [0.25, 0.3) is 11.5 Å². The van der Waals surface area contributed by atoms with E-state index in [0.29, 0.717) is 0 Å². The van der Waals surface area contributed by atoms with Gasteiger partial charge in [0.2, 0.25) is 17.3 Å². The van der Waals surface area contributed by atoms with E-state index in [9.17, 15) is 14.0 Å². The highest BCUT2D eigenvalue weighted by molar-refractivity contribution is 9.10. The van der Waals surface area contributed by atoms with Gasteiger partial charge in [-0.3, -0.25) is 0 Å². The summed E-state index contributed by atoms with van der Waals surface area (Å²) in [6, 6.07) is 3.95. The molecule has 2 N–H and O–H groups in total. The van der Waals surface area contributed by atoms with Crippen molar-refractivity contribution in [2.45, 2.75) is 0 Å². The van der Waals surface area contributed by atoms with E-state index in [4.69, 9.17) is 14.6 Å². The minimum Gasteiger partial charge on any atom is -0.476 e. The Morgan fingerprint density at radius 2 is 1.95 bits per heavy atom. The van der Waals surface area contributed by atoms with Crippen molar-refractivity contribution < 1.29 is 28.6 Å². The van der Waals surface area contributed by atoms with Crippen LogP contribution in [0, 0.1) is 5.82 Å². The molecule has 0 spiro atoms. The number of nitrogens with zero attached hydrogens (tertiary/aromatic N) is 1. The first-order chi connectivity index (χ1) is 8.91. The Balaban J connectivity index is 2.64. The number of halogens is 2. The molecule has 0 aliphatic heterocycles. The first-order valence-corrected chi connectivity index (χ1v) is 5.63. The fourth-order valence-corrected chi connectivity index (χ4v) is 1.83. The maximum atomic E-state index is 13.3. The van der Waals surface area contributed by atoms with Crippen LogP contribution >= 0.6 is 15.9 Å². The Kier molecular flexibility index (Phi) is 3.34. The number of carbonyl (C=O) groups is 2. The van der Waals surface area contributed by atoms with E-state index in [-0.39, 0.29) is 15.9 Å². The van der Waals surface area contributed by atoms with Gasteiger partial charge < -0.3 is 14.6 Å². The van der Waals surface area contributed by atoms with Crippen LogP contribution in [-0.2, 0) is 0 Å². The van der Waals surface area contributed by atoms with E-state index in [2.05, 4.69) is 20.9 Å². The number of hydrogen-bond acceptors (Lipinski definition) is 4. The minimum atomic E-state index is -1.57. The summed E-state index contributed by atoms with van der Waals surface area (Å²) >= 11 is 2.95. The fraction of sp³-hybridized carbons (Fsp3) is 0. The number of carboxylic acids is 2. The van der Waals surface area contributed by atoms with Gasteiger partial charge in [0.1, 0.15) is 5.82 Å². The zero-order chi connectivity index (χ0) is 14.2. The molecule has 6 nitrogen and oxygen atoms in total. The van der Waals surface area contributed by atoms with Crippen molar-refractivity contribution in [2.75, 3.05) is 0 Å². The molecule has 0 aliphatic rings. The lowest BCUT2D eigenvalue weighted by Gasteiger charge is -1.99. The molecule has 0 saturated carbocycles. The third-order valence-electron chi connectivity index (χ3n) is 2.21. The Labute approximate surface area is 113 Å². The Morgan fingerprint density at radius 3 is 2.47 bits per heavy atom. The second kappa shape index (κ2) is 4.81. The van der Waals surface area contributed by atoms with Gasteiger partial charge in [-0.2, -0.15) is 0 Å². The summed E-state index contributed by atoms with van der Waals surface area (Å²) in [6.07, 6.45) is 0. The first kappa shape index (κ1) is 13.2. The highest BCUT2D eigenvalue weighted by Crippen LogP contribution is 2.31. The van der Waals surface area contributed by atoms with E-state index in [0.717, 1.165) is 0 Å². The molecule has 1 aromatic carbocycles. The number of oxazole rings is 1. The number of hydrogen-bond donors (Lipinski definition) is 2. The van der Waals surface area contributed by atoms with Gasteiger partial charge in [0.15, 0.2) is 0 Å². The van der Waals surface area contributed by atoms with Crippen molar-refractivity contribution in [3.8, 4) is 11.5 Å². The van der Waals surface area contributed by atoms with Crippen LogP contribution in [0.3, 0.4) is 0 Å². The minimum absolute atomic E-state index is 0.00475. The van der Waals surface area contributed by atoms with Crippen molar-refractivity contribution in [1.29, 1.82) is 0 Å². The predicted molar refractivity (Wildman–Crippen MR) is 63.5 cm³/mol. The standard InChI is InChI=1S/C11H5BrFNO5/c12-6-4(2-1-3-5(6)13)9-14-7(10(15)16)8(19-9)11(17)18/h1-3H,(H,15,16)(H,17,18). The average molecular weight is 330 g/mol. The molecule has 1 heterocycles. The van der Waals surface area contributed by atoms with Gasteiger partial charge in [0.25, 0.3) is 0 Å². The summed E-state index contributed by atoms with van der Waals surface area (Å²) in [5.74, 6) is -4.81. The van der Waals surface area contributed by atoms with Gasteiger partial charge in [0.05, 0.1) is 10.0 Å². The number of aromatic nitrogens is 1. The molecule has 19 heavy (non-hydrogen) atoms. The van der Waals surface area contributed by atoms with Gasteiger partial charge in [0, 0.05) is 0 Å². The van der Waals surface area contributed by atoms with E-state index in [1.807, 2.05) is 0 Å². The van der Waals surface area contributed by atoms with Crippen molar-refractivity contribution in [3.05, 3.63) is 39.9 Å². The van der Waals surface area contributed by atoms with E-state index in [1.54, 1.807) is 0 Å². The third kappa shape index (κ3) is 2.34. The second-order valence-corrected chi connectivity index (χ2v) is 4.20. The van der Waals surface area contributed by atoms with Gasteiger partial charge >= 0.3 is 11.9 Å². The Hall–Kier alpha value is -2.22. The number of carboxylic acid groups (broad SMARTS) is 2. The number of aromatic carboxylic acids is 2. The summed E-state index contributed by atoms with van der Waals surface area (Å²) in [7, 11) is 0. The third-order valence-corrected chi connectivity index (χ3v) is 3.01. The SMILES string of the molecule is O=C(O)c1nc(-c2cccc(F)c2Br)oc1C(=O)O. The normalized spacial score (nSPS) is 10.4. The Bertz CT molecular complexity index is 650. The monoisotopic (exact) mass is 329 g/mol. The first-order valence-electron chi connectivity index (χ1n) is 4.83. The van der Waals surface area contributed by atoms with Crippen molar-refractivity contribution in [3.63, 3.8) is 0 Å². The molecule has 8 heteroatoms. The molecule has 0 radical (unpaired) electrons. The van der Waals surface area contributed by atoms with Gasteiger partial charge in [-0.25, -0.2) is 19.0 Å². The molecule has 2 aromatic rings. The molecule has 0 atom stereocenters. The largest absolute Gasteiger partial charge is 0.476 e. The van der Waals surface area contributed by atoms with Crippen LogP contribution < -0.4 is 0 Å². The summed E-state index contributed by atoms with van der Waals surface area (Å²) in [6.45, 7) is 0. The van der Waals surface area contributed by atoms with Crippen molar-refractivity contribution in [1.82, 2.24) is 4.98 Å². The van der Waals surface area contributed by atoms with Crippen LogP contribution in [0.2, 0.25) is 0 Å². The Morgan fingerprint density at radius 1 is 1.26 bits per heavy atom. The molecule has 2 rings (SSSR count). The lowest BCUT2D eigenvalue weighted by Crippen LogP contribution is -2.05. The van der Waals surface area contributed by atoms with Crippen molar-refractivity contribution in [2.24, 2.45) is 0 Å². The predicted octanol–water partition coefficient (Wildman–Crippen LogP) is 2.64. The highest BCUT2D eigenvalue weighted by Gasteiger charge is 2.26. The molecular weight excluding hydrogens is 325 g/mol. The van der Waals surface area contributed by atoms with E-state index < -0.39 is 29.2 Å². The molecule has 1 aromatic heterocycles.